The number of rotatable bonds is 4. The van der Waals surface area contributed by atoms with E-state index >= 15 is 0 Å². The minimum Gasteiger partial charge on any atom is -0.326 e. The maximum absolute atomic E-state index is 13.1. The van der Waals surface area contributed by atoms with Crippen LogP contribution in [0.3, 0.4) is 0 Å². The summed E-state index contributed by atoms with van der Waals surface area (Å²) in [6, 6.07) is 16.8. The van der Waals surface area contributed by atoms with Crippen LogP contribution in [-0.2, 0) is 6.54 Å². The molecule has 0 fully saturated rings. The average molecular weight is 362 g/mol. The monoisotopic (exact) mass is 362 g/mol. The van der Waals surface area contributed by atoms with E-state index in [0.717, 1.165) is 11.1 Å². The van der Waals surface area contributed by atoms with Gasteiger partial charge in [0.1, 0.15) is 5.82 Å². The van der Waals surface area contributed by atoms with Gasteiger partial charge in [-0.2, -0.15) is 0 Å². The minimum absolute atomic E-state index is 0.267. The van der Waals surface area contributed by atoms with Crippen LogP contribution in [0.5, 0.6) is 0 Å². The van der Waals surface area contributed by atoms with E-state index in [1.807, 2.05) is 37.3 Å². The molecule has 0 aliphatic carbocycles. The number of amides is 1. The molecule has 3 aromatic rings. The molecule has 0 saturated carbocycles. The van der Waals surface area contributed by atoms with Gasteiger partial charge in [-0.1, -0.05) is 18.2 Å². The number of pyridine rings is 1. The van der Waals surface area contributed by atoms with E-state index in [1.165, 1.54) is 12.1 Å². The number of carbonyl (C=O) groups excluding carboxylic acids is 1. The molecule has 0 aliphatic heterocycles. The first-order chi connectivity index (χ1) is 13.1. The number of benzene rings is 2. The highest BCUT2D eigenvalue weighted by Gasteiger charge is 2.11. The second-order valence-electron chi connectivity index (χ2n) is 5.92. The number of hydrogen-bond acceptors (Lipinski definition) is 3. The number of hydrogen-bond donors (Lipinski definition) is 2. The second-order valence-corrected chi connectivity index (χ2v) is 5.92. The Kier molecular flexibility index (Phi) is 5.89. The van der Waals surface area contributed by atoms with Crippen molar-refractivity contribution in [3.63, 3.8) is 0 Å². The van der Waals surface area contributed by atoms with Gasteiger partial charge >= 0.3 is 0 Å². The summed E-state index contributed by atoms with van der Waals surface area (Å²) in [4.78, 5) is 21.1. The van der Waals surface area contributed by atoms with E-state index in [0.29, 0.717) is 17.8 Å². The predicted octanol–water partition coefficient (Wildman–Crippen LogP) is 3.93. The van der Waals surface area contributed by atoms with Crippen LogP contribution in [0.2, 0.25) is 0 Å². The van der Waals surface area contributed by atoms with Crippen molar-refractivity contribution >= 4 is 17.6 Å². The number of aryl methyl sites for hydroxylation is 1. The summed E-state index contributed by atoms with van der Waals surface area (Å²) in [5, 5.41) is 5.83. The SMILES string of the molecule is Cc1ccccc1C(=O)NC(=NCc1ccncc1)Nc1ccc(F)cc1. The average Bonchev–Trinajstić information content (AvgIpc) is 2.69. The number of aliphatic imine (C=N–C) groups is 1. The van der Waals surface area contributed by atoms with Crippen molar-refractivity contribution < 1.29 is 9.18 Å². The fourth-order valence-corrected chi connectivity index (χ4v) is 2.44. The van der Waals surface area contributed by atoms with Crippen molar-refractivity contribution in [1.29, 1.82) is 0 Å². The van der Waals surface area contributed by atoms with Gasteiger partial charge in [0.15, 0.2) is 0 Å². The number of carbonyl (C=O) groups is 1. The summed E-state index contributed by atoms with van der Waals surface area (Å²) >= 11 is 0. The first kappa shape index (κ1) is 18.3. The summed E-state index contributed by atoms with van der Waals surface area (Å²) in [5.41, 5.74) is 3.00. The molecule has 0 radical (unpaired) electrons. The molecule has 27 heavy (non-hydrogen) atoms. The Hall–Kier alpha value is -3.54. The molecule has 0 spiro atoms. The van der Waals surface area contributed by atoms with Crippen LogP contribution < -0.4 is 10.6 Å². The lowest BCUT2D eigenvalue weighted by molar-refractivity contribution is 0.0976. The summed E-state index contributed by atoms with van der Waals surface area (Å²) in [5.74, 6) is -0.317. The highest BCUT2D eigenvalue weighted by Crippen LogP contribution is 2.10. The maximum Gasteiger partial charge on any atom is 0.258 e. The highest BCUT2D eigenvalue weighted by molar-refractivity contribution is 6.10. The van der Waals surface area contributed by atoms with Gasteiger partial charge in [0.05, 0.1) is 6.54 Å². The Morgan fingerprint density at radius 3 is 2.44 bits per heavy atom. The Morgan fingerprint density at radius 1 is 1.04 bits per heavy atom. The molecule has 2 N–H and O–H groups in total. The third-order valence-electron chi connectivity index (χ3n) is 3.90. The van der Waals surface area contributed by atoms with Crippen LogP contribution >= 0.6 is 0 Å². The van der Waals surface area contributed by atoms with Crippen molar-refractivity contribution in [2.75, 3.05) is 5.32 Å². The van der Waals surface area contributed by atoms with E-state index in [9.17, 15) is 9.18 Å². The lowest BCUT2D eigenvalue weighted by atomic mass is 10.1. The van der Waals surface area contributed by atoms with E-state index < -0.39 is 0 Å². The standard InChI is InChI=1S/C21H19FN4O/c1-15-4-2-3-5-19(15)20(27)26-21(24-14-16-10-12-23-13-11-16)25-18-8-6-17(22)7-9-18/h2-13H,14H2,1H3,(H2,24,25,26,27). The molecule has 3 rings (SSSR count). The lowest BCUT2D eigenvalue weighted by Gasteiger charge is -2.13. The molecule has 0 bridgehead atoms. The van der Waals surface area contributed by atoms with Crippen molar-refractivity contribution in [2.45, 2.75) is 13.5 Å². The first-order valence-corrected chi connectivity index (χ1v) is 8.45. The van der Waals surface area contributed by atoms with Gasteiger partial charge in [-0.25, -0.2) is 9.38 Å². The predicted molar refractivity (Wildman–Crippen MR) is 104 cm³/mol. The van der Waals surface area contributed by atoms with Gasteiger partial charge in [-0.05, 0) is 60.5 Å². The first-order valence-electron chi connectivity index (χ1n) is 8.45. The van der Waals surface area contributed by atoms with E-state index in [2.05, 4.69) is 20.6 Å². The molecule has 5 nitrogen and oxygen atoms in total. The molecule has 1 aromatic heterocycles. The topological polar surface area (TPSA) is 66.4 Å². The Balaban J connectivity index is 1.81. The quantitative estimate of drug-likeness (QED) is 0.546. The second kappa shape index (κ2) is 8.71. The van der Waals surface area contributed by atoms with Gasteiger partial charge < -0.3 is 5.32 Å². The van der Waals surface area contributed by atoms with Gasteiger partial charge in [0, 0.05) is 23.6 Å². The Labute approximate surface area is 157 Å². The number of anilines is 1. The molecule has 0 unspecified atom stereocenters. The molecule has 6 heteroatoms. The largest absolute Gasteiger partial charge is 0.326 e. The van der Waals surface area contributed by atoms with Crippen molar-refractivity contribution in [3.8, 4) is 0 Å². The number of halogens is 1. The molecule has 1 amide bonds. The van der Waals surface area contributed by atoms with Crippen LogP contribution in [0.25, 0.3) is 0 Å². The van der Waals surface area contributed by atoms with Crippen LogP contribution in [-0.4, -0.2) is 16.9 Å². The molecule has 0 aliphatic rings. The lowest BCUT2D eigenvalue weighted by Crippen LogP contribution is -2.36. The third-order valence-corrected chi connectivity index (χ3v) is 3.90. The molecule has 0 saturated heterocycles. The number of nitrogens with zero attached hydrogens (tertiary/aromatic N) is 2. The van der Waals surface area contributed by atoms with Crippen LogP contribution in [0.1, 0.15) is 21.5 Å². The van der Waals surface area contributed by atoms with Crippen LogP contribution in [0.15, 0.2) is 78.0 Å². The third kappa shape index (κ3) is 5.22. The fourth-order valence-electron chi connectivity index (χ4n) is 2.44. The van der Waals surface area contributed by atoms with Crippen LogP contribution in [0.4, 0.5) is 10.1 Å². The van der Waals surface area contributed by atoms with E-state index in [1.54, 1.807) is 30.6 Å². The van der Waals surface area contributed by atoms with Crippen molar-refractivity contribution in [1.82, 2.24) is 10.3 Å². The van der Waals surface area contributed by atoms with Gasteiger partial charge in [-0.3, -0.25) is 15.1 Å². The number of guanidine groups is 1. The molecule has 2 aromatic carbocycles. The summed E-state index contributed by atoms with van der Waals surface area (Å²) in [7, 11) is 0. The zero-order valence-corrected chi connectivity index (χ0v) is 14.8. The number of aromatic nitrogens is 1. The summed E-state index contributed by atoms with van der Waals surface area (Å²) in [6.07, 6.45) is 3.37. The van der Waals surface area contributed by atoms with E-state index in [-0.39, 0.29) is 17.7 Å². The zero-order valence-electron chi connectivity index (χ0n) is 14.8. The minimum atomic E-state index is -0.334. The van der Waals surface area contributed by atoms with Crippen molar-refractivity contribution in [3.05, 3.63) is 95.6 Å². The molecule has 136 valence electrons. The number of nitrogens with one attached hydrogen (secondary N) is 2. The summed E-state index contributed by atoms with van der Waals surface area (Å²) in [6.45, 7) is 2.23. The molecular formula is C21H19FN4O. The van der Waals surface area contributed by atoms with Gasteiger partial charge in [0.2, 0.25) is 5.96 Å². The highest BCUT2D eigenvalue weighted by atomic mass is 19.1. The Morgan fingerprint density at radius 2 is 1.74 bits per heavy atom. The molecular weight excluding hydrogens is 343 g/mol. The normalized spacial score (nSPS) is 11.1. The smallest absolute Gasteiger partial charge is 0.258 e. The fraction of sp³-hybridized carbons (Fsp3) is 0.0952. The molecule has 0 atom stereocenters. The zero-order chi connectivity index (χ0) is 19.1. The molecule has 1 heterocycles. The van der Waals surface area contributed by atoms with Crippen LogP contribution in [0, 0.1) is 12.7 Å². The van der Waals surface area contributed by atoms with E-state index in [4.69, 9.17) is 0 Å². The van der Waals surface area contributed by atoms with Gasteiger partial charge in [0.25, 0.3) is 5.91 Å². The van der Waals surface area contributed by atoms with Crippen molar-refractivity contribution in [2.24, 2.45) is 4.99 Å². The Bertz CT molecular complexity index is 940. The summed E-state index contributed by atoms with van der Waals surface area (Å²) < 4.78 is 13.1. The maximum atomic E-state index is 13.1. The van der Waals surface area contributed by atoms with Gasteiger partial charge in [-0.15, -0.1) is 0 Å².